The Labute approximate surface area is 125 Å². The molecule has 1 rings (SSSR count). The van der Waals surface area contributed by atoms with E-state index in [1.807, 2.05) is 0 Å². The Morgan fingerprint density at radius 1 is 0.950 bits per heavy atom. The van der Waals surface area contributed by atoms with Gasteiger partial charge in [0.15, 0.2) is 0 Å². The van der Waals surface area contributed by atoms with E-state index in [1.165, 1.54) is 19.3 Å². The van der Waals surface area contributed by atoms with Crippen LogP contribution in [0.15, 0.2) is 0 Å². The quantitative estimate of drug-likeness (QED) is 0.733. The van der Waals surface area contributed by atoms with Crippen molar-refractivity contribution in [3.63, 3.8) is 0 Å². The van der Waals surface area contributed by atoms with Gasteiger partial charge in [0, 0.05) is 38.5 Å². The number of piperidine rings is 1. The highest BCUT2D eigenvalue weighted by Gasteiger charge is 2.40. The highest BCUT2D eigenvalue weighted by Crippen LogP contribution is 2.36. The lowest BCUT2D eigenvalue weighted by Crippen LogP contribution is -2.57. The van der Waals surface area contributed by atoms with Crippen molar-refractivity contribution < 1.29 is 13.3 Å². The molecular formula is C15H33NO3Si. The standard InChI is InChI=1S/C15H33NO3Si/c1-14(2)11-13(12-15(3,4)16-14)9-8-10-20(17-5,18-6)19-7/h13,16H,8-12H2,1-7H3. The summed E-state index contributed by atoms with van der Waals surface area (Å²) in [7, 11) is 2.68. The van der Waals surface area contributed by atoms with E-state index in [4.69, 9.17) is 13.3 Å². The Morgan fingerprint density at radius 3 is 1.80 bits per heavy atom. The molecule has 0 spiro atoms. The van der Waals surface area contributed by atoms with Crippen molar-refractivity contribution in [3.05, 3.63) is 0 Å². The van der Waals surface area contributed by atoms with Crippen molar-refractivity contribution in [2.75, 3.05) is 21.3 Å². The fourth-order valence-corrected chi connectivity index (χ4v) is 5.65. The van der Waals surface area contributed by atoms with Gasteiger partial charge in [-0.05, 0) is 52.9 Å². The van der Waals surface area contributed by atoms with Crippen LogP contribution in [0, 0.1) is 5.92 Å². The highest BCUT2D eigenvalue weighted by molar-refractivity contribution is 6.60. The SMILES string of the molecule is CO[Si](CCCC1CC(C)(C)NC(C)(C)C1)(OC)OC. The molecule has 0 radical (unpaired) electrons. The van der Waals surface area contributed by atoms with Crippen LogP contribution in [0.25, 0.3) is 0 Å². The summed E-state index contributed by atoms with van der Waals surface area (Å²) in [5.41, 5.74) is 0.454. The normalized spacial score (nSPS) is 22.9. The zero-order chi connectivity index (χ0) is 15.4. The van der Waals surface area contributed by atoms with Crippen molar-refractivity contribution in [1.29, 1.82) is 0 Å². The molecule has 5 heteroatoms. The molecule has 0 amide bonds. The fourth-order valence-electron chi connectivity index (χ4n) is 3.90. The third kappa shape index (κ3) is 5.11. The molecule has 1 aliphatic heterocycles. The van der Waals surface area contributed by atoms with Gasteiger partial charge in [-0.2, -0.15) is 0 Å². The molecule has 1 saturated heterocycles. The van der Waals surface area contributed by atoms with Crippen LogP contribution in [-0.4, -0.2) is 41.2 Å². The van der Waals surface area contributed by atoms with Gasteiger partial charge in [-0.1, -0.05) is 6.42 Å². The molecule has 1 fully saturated rings. The fraction of sp³-hybridized carbons (Fsp3) is 1.00. The van der Waals surface area contributed by atoms with Gasteiger partial charge < -0.3 is 18.6 Å². The molecule has 120 valence electrons. The molecule has 0 aromatic carbocycles. The van der Waals surface area contributed by atoms with E-state index in [1.54, 1.807) is 21.3 Å². The first kappa shape index (κ1) is 18.1. The highest BCUT2D eigenvalue weighted by atomic mass is 28.4. The second kappa shape index (κ2) is 6.88. The summed E-state index contributed by atoms with van der Waals surface area (Å²) in [5.74, 6) is 0.763. The van der Waals surface area contributed by atoms with Gasteiger partial charge in [-0.25, -0.2) is 0 Å². The van der Waals surface area contributed by atoms with Gasteiger partial charge in [0.25, 0.3) is 0 Å². The predicted molar refractivity (Wildman–Crippen MR) is 84.8 cm³/mol. The molecule has 0 unspecified atom stereocenters. The monoisotopic (exact) mass is 303 g/mol. The maximum atomic E-state index is 5.49. The molecule has 0 atom stereocenters. The smallest absolute Gasteiger partial charge is 0.377 e. The summed E-state index contributed by atoms with van der Waals surface area (Å²) in [4.78, 5) is 0. The topological polar surface area (TPSA) is 39.7 Å². The molecule has 20 heavy (non-hydrogen) atoms. The summed E-state index contributed by atoms with van der Waals surface area (Å²) in [6.45, 7) is 9.22. The Kier molecular flexibility index (Phi) is 6.23. The Balaban J connectivity index is 2.49. The van der Waals surface area contributed by atoms with Crippen LogP contribution in [0.3, 0.4) is 0 Å². The van der Waals surface area contributed by atoms with Crippen LogP contribution in [0.5, 0.6) is 0 Å². The maximum Gasteiger partial charge on any atom is 0.500 e. The van der Waals surface area contributed by atoms with Crippen molar-refractivity contribution in [2.45, 2.75) is 70.5 Å². The van der Waals surface area contributed by atoms with Crippen LogP contribution in [-0.2, 0) is 13.3 Å². The molecule has 0 saturated carbocycles. The van der Waals surface area contributed by atoms with Crippen molar-refractivity contribution >= 4 is 8.80 Å². The third-order valence-corrected chi connectivity index (χ3v) is 7.14. The van der Waals surface area contributed by atoms with E-state index in [0.29, 0.717) is 0 Å². The minimum Gasteiger partial charge on any atom is -0.377 e. The summed E-state index contributed by atoms with van der Waals surface area (Å²) < 4.78 is 16.5. The minimum absolute atomic E-state index is 0.227. The average molecular weight is 304 g/mol. The molecule has 1 heterocycles. The lowest BCUT2D eigenvalue weighted by Gasteiger charge is -2.46. The molecule has 1 aliphatic rings. The van der Waals surface area contributed by atoms with Crippen molar-refractivity contribution in [3.8, 4) is 0 Å². The van der Waals surface area contributed by atoms with Crippen molar-refractivity contribution in [2.24, 2.45) is 5.92 Å². The van der Waals surface area contributed by atoms with Crippen LogP contribution in [0.2, 0.25) is 6.04 Å². The number of hydrogen-bond donors (Lipinski definition) is 1. The maximum absolute atomic E-state index is 5.49. The van der Waals surface area contributed by atoms with E-state index in [2.05, 4.69) is 33.0 Å². The molecule has 4 nitrogen and oxygen atoms in total. The van der Waals surface area contributed by atoms with E-state index >= 15 is 0 Å². The Morgan fingerprint density at radius 2 is 1.40 bits per heavy atom. The molecule has 0 aromatic heterocycles. The lowest BCUT2D eigenvalue weighted by atomic mass is 9.74. The first-order valence-corrected chi connectivity index (χ1v) is 9.55. The average Bonchev–Trinajstić information content (AvgIpc) is 2.31. The third-order valence-electron chi connectivity index (χ3n) is 4.30. The van der Waals surface area contributed by atoms with E-state index in [-0.39, 0.29) is 11.1 Å². The van der Waals surface area contributed by atoms with Gasteiger partial charge in [0.2, 0.25) is 0 Å². The first-order chi connectivity index (χ1) is 9.17. The van der Waals surface area contributed by atoms with Gasteiger partial charge >= 0.3 is 8.80 Å². The first-order valence-electron chi connectivity index (χ1n) is 7.62. The van der Waals surface area contributed by atoms with Crippen LogP contribution in [0.1, 0.15) is 53.4 Å². The second-order valence-electron chi connectivity index (χ2n) is 7.35. The molecule has 1 N–H and O–H groups in total. The van der Waals surface area contributed by atoms with Crippen LogP contribution < -0.4 is 5.32 Å². The summed E-state index contributed by atoms with van der Waals surface area (Å²) in [6.07, 6.45) is 4.80. The summed E-state index contributed by atoms with van der Waals surface area (Å²) in [6, 6.07) is 0.904. The molecule has 0 bridgehead atoms. The Bertz CT molecular complexity index is 279. The molecule has 0 aromatic rings. The zero-order valence-electron chi connectivity index (χ0n) is 14.3. The minimum atomic E-state index is -2.39. The largest absolute Gasteiger partial charge is 0.500 e. The Hall–Kier alpha value is 0.0569. The van der Waals surface area contributed by atoms with E-state index in [9.17, 15) is 0 Å². The van der Waals surface area contributed by atoms with Gasteiger partial charge in [0.1, 0.15) is 0 Å². The second-order valence-corrected chi connectivity index (χ2v) is 10.4. The van der Waals surface area contributed by atoms with Crippen molar-refractivity contribution in [1.82, 2.24) is 5.32 Å². The summed E-state index contributed by atoms with van der Waals surface area (Å²) >= 11 is 0. The number of nitrogens with one attached hydrogen (secondary N) is 1. The zero-order valence-corrected chi connectivity index (χ0v) is 15.3. The molecular weight excluding hydrogens is 270 g/mol. The van der Waals surface area contributed by atoms with Crippen LogP contribution in [0.4, 0.5) is 0 Å². The van der Waals surface area contributed by atoms with E-state index in [0.717, 1.165) is 18.4 Å². The van der Waals surface area contributed by atoms with Gasteiger partial charge in [-0.3, -0.25) is 0 Å². The van der Waals surface area contributed by atoms with Gasteiger partial charge in [0.05, 0.1) is 0 Å². The molecule has 0 aliphatic carbocycles. The lowest BCUT2D eigenvalue weighted by molar-refractivity contribution is 0.112. The number of rotatable bonds is 7. The predicted octanol–water partition coefficient (Wildman–Crippen LogP) is 3.20. The number of hydrogen-bond acceptors (Lipinski definition) is 4. The summed E-state index contributed by atoms with van der Waals surface area (Å²) in [5, 5.41) is 3.74. The van der Waals surface area contributed by atoms with Gasteiger partial charge in [-0.15, -0.1) is 0 Å². The van der Waals surface area contributed by atoms with Crippen LogP contribution >= 0.6 is 0 Å². The van der Waals surface area contributed by atoms with E-state index < -0.39 is 8.80 Å².